The molecule has 18 heavy (non-hydrogen) atoms. The first-order chi connectivity index (χ1) is 8.47. The maximum Gasteiger partial charge on any atom is 0.0813 e. The molecule has 1 aromatic carbocycles. The second-order valence-electron chi connectivity index (χ2n) is 5.14. The fourth-order valence-electron chi connectivity index (χ4n) is 1.67. The van der Waals surface area contributed by atoms with Crippen LogP contribution in [-0.2, 0) is 11.4 Å². The van der Waals surface area contributed by atoms with Gasteiger partial charge in [-0.05, 0) is 44.5 Å². The van der Waals surface area contributed by atoms with Gasteiger partial charge < -0.3 is 0 Å². The first kappa shape index (κ1) is 13.3. The largest absolute Gasteiger partial charge is 0.296 e. The Balaban J connectivity index is 2.21. The summed E-state index contributed by atoms with van der Waals surface area (Å²) in [4.78, 5) is 9.88. The molecular formula is C14H17ClN2O. The molecule has 4 heteroatoms. The van der Waals surface area contributed by atoms with Crippen molar-refractivity contribution in [2.24, 2.45) is 0 Å². The smallest absolute Gasteiger partial charge is 0.0813 e. The molecule has 0 amide bonds. The summed E-state index contributed by atoms with van der Waals surface area (Å²) in [5, 5.41) is 1.69. The summed E-state index contributed by atoms with van der Waals surface area (Å²) in [5.74, 6) is 0. The molecule has 0 aliphatic heterocycles. The van der Waals surface area contributed by atoms with Crippen LogP contribution in [0.25, 0.3) is 10.9 Å². The molecule has 0 aliphatic carbocycles. The van der Waals surface area contributed by atoms with E-state index in [2.05, 4.69) is 10.5 Å². The van der Waals surface area contributed by atoms with Crippen molar-refractivity contribution in [3.8, 4) is 0 Å². The molecule has 1 N–H and O–H groups in total. The number of hydroxylamine groups is 1. The van der Waals surface area contributed by atoms with Crippen LogP contribution in [0.4, 0.5) is 0 Å². The summed E-state index contributed by atoms with van der Waals surface area (Å²) in [7, 11) is 0. The van der Waals surface area contributed by atoms with Crippen LogP contribution in [-0.4, -0.2) is 10.6 Å². The van der Waals surface area contributed by atoms with Crippen molar-refractivity contribution in [2.75, 3.05) is 0 Å². The van der Waals surface area contributed by atoms with Gasteiger partial charge in [0, 0.05) is 23.2 Å². The van der Waals surface area contributed by atoms with Crippen LogP contribution < -0.4 is 5.48 Å². The number of halogens is 1. The molecule has 3 nitrogen and oxygen atoms in total. The second-order valence-corrected chi connectivity index (χ2v) is 5.55. The van der Waals surface area contributed by atoms with Gasteiger partial charge in [0.15, 0.2) is 0 Å². The van der Waals surface area contributed by atoms with Gasteiger partial charge in [0.2, 0.25) is 0 Å². The number of fused-ring (bicyclic) bond motifs is 1. The standard InChI is InChI=1S/C14H17ClN2O/c1-14(2,3)18-17-9-10-6-7-12(15)11-5-4-8-16-13(10)11/h4-8,17H,9H2,1-3H3. The molecule has 0 fully saturated rings. The van der Waals surface area contributed by atoms with E-state index in [1.54, 1.807) is 6.20 Å². The predicted octanol–water partition coefficient (Wildman–Crippen LogP) is 3.71. The fraction of sp³-hybridized carbons (Fsp3) is 0.357. The maximum absolute atomic E-state index is 6.14. The van der Waals surface area contributed by atoms with Crippen LogP contribution in [0, 0.1) is 0 Å². The molecule has 0 unspecified atom stereocenters. The molecule has 0 saturated carbocycles. The Morgan fingerprint density at radius 3 is 2.78 bits per heavy atom. The highest BCUT2D eigenvalue weighted by Gasteiger charge is 2.11. The van der Waals surface area contributed by atoms with Crippen LogP contribution >= 0.6 is 11.6 Å². The van der Waals surface area contributed by atoms with E-state index >= 15 is 0 Å². The van der Waals surface area contributed by atoms with E-state index in [0.717, 1.165) is 21.5 Å². The van der Waals surface area contributed by atoms with Gasteiger partial charge in [0.1, 0.15) is 0 Å². The second kappa shape index (κ2) is 5.22. The Hall–Kier alpha value is -1.16. The number of aromatic nitrogens is 1. The number of pyridine rings is 1. The predicted molar refractivity (Wildman–Crippen MR) is 74.4 cm³/mol. The normalized spacial score (nSPS) is 12.0. The van der Waals surface area contributed by atoms with Crippen molar-refractivity contribution in [3.05, 3.63) is 41.0 Å². The average molecular weight is 265 g/mol. The highest BCUT2D eigenvalue weighted by Crippen LogP contribution is 2.24. The lowest BCUT2D eigenvalue weighted by Crippen LogP contribution is -2.28. The van der Waals surface area contributed by atoms with Crippen molar-refractivity contribution >= 4 is 22.5 Å². The van der Waals surface area contributed by atoms with E-state index in [-0.39, 0.29) is 5.60 Å². The third kappa shape index (κ3) is 3.19. The zero-order valence-electron chi connectivity index (χ0n) is 10.8. The van der Waals surface area contributed by atoms with Gasteiger partial charge in [0.05, 0.1) is 11.1 Å². The van der Waals surface area contributed by atoms with Crippen LogP contribution in [0.2, 0.25) is 5.02 Å². The van der Waals surface area contributed by atoms with Crippen molar-refractivity contribution < 1.29 is 4.84 Å². The van der Waals surface area contributed by atoms with Crippen molar-refractivity contribution in [2.45, 2.75) is 32.9 Å². The van der Waals surface area contributed by atoms with Crippen molar-refractivity contribution in [1.29, 1.82) is 0 Å². The molecule has 0 radical (unpaired) electrons. The lowest BCUT2D eigenvalue weighted by Gasteiger charge is -2.19. The average Bonchev–Trinajstić information content (AvgIpc) is 2.31. The molecule has 2 rings (SSSR count). The topological polar surface area (TPSA) is 34.1 Å². The Kier molecular flexibility index (Phi) is 3.85. The molecular weight excluding hydrogens is 248 g/mol. The van der Waals surface area contributed by atoms with Gasteiger partial charge in [0.25, 0.3) is 0 Å². The Morgan fingerprint density at radius 1 is 1.28 bits per heavy atom. The first-order valence-corrected chi connectivity index (χ1v) is 6.28. The SMILES string of the molecule is CC(C)(C)ONCc1ccc(Cl)c2cccnc12. The maximum atomic E-state index is 6.14. The van der Waals surface area contributed by atoms with Gasteiger partial charge >= 0.3 is 0 Å². The van der Waals surface area contributed by atoms with Gasteiger partial charge in [-0.25, -0.2) is 0 Å². The third-order valence-corrected chi connectivity index (χ3v) is 2.77. The molecule has 0 spiro atoms. The summed E-state index contributed by atoms with van der Waals surface area (Å²) in [6, 6.07) is 7.71. The molecule has 0 bridgehead atoms. The van der Waals surface area contributed by atoms with Gasteiger partial charge in [-0.2, -0.15) is 5.48 Å². The zero-order chi connectivity index (χ0) is 13.2. The highest BCUT2D eigenvalue weighted by molar-refractivity contribution is 6.35. The van der Waals surface area contributed by atoms with E-state index in [0.29, 0.717) is 6.54 Å². The van der Waals surface area contributed by atoms with Crippen molar-refractivity contribution in [1.82, 2.24) is 10.5 Å². The number of rotatable bonds is 3. The molecule has 96 valence electrons. The summed E-state index contributed by atoms with van der Waals surface area (Å²) < 4.78 is 0. The number of nitrogens with one attached hydrogen (secondary N) is 1. The fourth-order valence-corrected chi connectivity index (χ4v) is 1.88. The lowest BCUT2D eigenvalue weighted by molar-refractivity contribution is -0.0756. The van der Waals surface area contributed by atoms with E-state index in [1.165, 1.54) is 0 Å². The highest BCUT2D eigenvalue weighted by atomic mass is 35.5. The Bertz CT molecular complexity index is 549. The van der Waals surface area contributed by atoms with E-state index in [9.17, 15) is 0 Å². The lowest BCUT2D eigenvalue weighted by atomic mass is 10.1. The minimum absolute atomic E-state index is 0.213. The molecule has 1 aromatic heterocycles. The van der Waals surface area contributed by atoms with E-state index in [4.69, 9.17) is 16.4 Å². The van der Waals surface area contributed by atoms with Crippen LogP contribution in [0.1, 0.15) is 26.3 Å². The minimum atomic E-state index is -0.213. The molecule has 0 saturated heterocycles. The molecule has 0 atom stereocenters. The summed E-state index contributed by atoms with van der Waals surface area (Å²) >= 11 is 6.14. The van der Waals surface area contributed by atoms with E-state index < -0.39 is 0 Å². The number of hydrogen-bond acceptors (Lipinski definition) is 3. The molecule has 2 aromatic rings. The van der Waals surface area contributed by atoms with Crippen molar-refractivity contribution in [3.63, 3.8) is 0 Å². The quantitative estimate of drug-likeness (QED) is 0.858. The minimum Gasteiger partial charge on any atom is -0.296 e. The molecule has 0 aliphatic rings. The third-order valence-electron chi connectivity index (χ3n) is 2.44. The first-order valence-electron chi connectivity index (χ1n) is 5.90. The van der Waals surface area contributed by atoms with Crippen LogP contribution in [0.3, 0.4) is 0 Å². The number of nitrogens with zero attached hydrogens (tertiary/aromatic N) is 1. The summed E-state index contributed by atoms with van der Waals surface area (Å²) in [5.41, 5.74) is 4.74. The number of benzene rings is 1. The zero-order valence-corrected chi connectivity index (χ0v) is 11.6. The van der Waals surface area contributed by atoms with Crippen LogP contribution in [0.15, 0.2) is 30.5 Å². The Morgan fingerprint density at radius 2 is 2.06 bits per heavy atom. The van der Waals surface area contributed by atoms with Gasteiger partial charge in [-0.1, -0.05) is 17.7 Å². The van der Waals surface area contributed by atoms with Crippen LogP contribution in [0.5, 0.6) is 0 Å². The Labute approximate surface area is 112 Å². The number of hydrogen-bond donors (Lipinski definition) is 1. The summed E-state index contributed by atoms with van der Waals surface area (Å²) in [6.45, 7) is 6.59. The van der Waals surface area contributed by atoms with E-state index in [1.807, 2.05) is 45.0 Å². The molecule has 1 heterocycles. The summed E-state index contributed by atoms with van der Waals surface area (Å²) in [6.07, 6.45) is 1.77. The van der Waals surface area contributed by atoms with Gasteiger partial charge in [-0.3, -0.25) is 9.82 Å². The monoisotopic (exact) mass is 264 g/mol. The van der Waals surface area contributed by atoms with Gasteiger partial charge in [-0.15, -0.1) is 0 Å².